The van der Waals surface area contributed by atoms with Gasteiger partial charge >= 0.3 is 0 Å². The highest BCUT2D eigenvalue weighted by atomic mass is 32.1. The topological polar surface area (TPSA) is 73.7 Å². The van der Waals surface area contributed by atoms with Crippen LogP contribution in [-0.4, -0.2) is 0 Å². The molecule has 7 heteroatoms. The molecule has 0 amide bonds. The molecular weight excluding hydrogens is 615 g/mol. The van der Waals surface area contributed by atoms with Gasteiger partial charge in [0.15, 0.2) is 0 Å². The molecule has 3 nitrogen and oxygen atoms in total. The number of rotatable bonds is 4. The van der Waals surface area contributed by atoms with Crippen LogP contribution in [0.2, 0.25) is 0 Å². The zero-order valence-corrected chi connectivity index (χ0v) is 26.7. The number of aryl methyl sites for hydroxylation is 1. The molecule has 0 atom stereocenters. The van der Waals surface area contributed by atoms with E-state index in [0.29, 0.717) is 10.7 Å². The van der Waals surface area contributed by atoms with E-state index in [1.807, 2.05) is 12.1 Å². The molecule has 210 valence electrons. The summed E-state index contributed by atoms with van der Waals surface area (Å²) in [5.74, 6) is 0. The number of anilines is 1. The largest absolute Gasteiger partial charge is 0.399 e. The molecule has 4 aromatic heterocycles. The Bertz CT molecular complexity index is 2470. The molecule has 4 heterocycles. The number of nitrogens with one attached hydrogen (secondary N) is 2. The Labute approximate surface area is 268 Å². The van der Waals surface area contributed by atoms with Crippen molar-refractivity contribution < 1.29 is 0 Å². The quantitative estimate of drug-likeness (QED) is 0.165. The number of benzene rings is 3. The van der Waals surface area contributed by atoms with E-state index in [4.69, 9.17) is 16.6 Å². The van der Waals surface area contributed by atoms with Gasteiger partial charge in [-0.25, -0.2) is 0 Å². The van der Waals surface area contributed by atoms with Gasteiger partial charge in [-0.1, -0.05) is 42.0 Å². The molecule has 0 radical (unpaired) electrons. The Hall–Kier alpha value is -4.40. The molecule has 44 heavy (non-hydrogen) atoms. The summed E-state index contributed by atoms with van der Waals surface area (Å²) in [4.78, 5) is 7.26. The number of hydrogen-bond acceptors (Lipinski definition) is 7. The third kappa shape index (κ3) is 3.90. The highest BCUT2D eigenvalue weighted by Gasteiger charge is 2.19. The second-order valence-corrected chi connectivity index (χ2v) is 15.5. The fourth-order valence-corrected chi connectivity index (χ4v) is 10.7. The molecule has 0 unspecified atom stereocenters. The van der Waals surface area contributed by atoms with Gasteiger partial charge in [0.2, 0.25) is 0 Å². The maximum absolute atomic E-state index is 9.14. The molecule has 0 saturated carbocycles. The van der Waals surface area contributed by atoms with Gasteiger partial charge in [-0.05, 0) is 78.7 Å². The van der Waals surface area contributed by atoms with Crippen molar-refractivity contribution in [3.05, 3.63) is 113 Å². The molecule has 5 aromatic carbocycles. The lowest BCUT2D eigenvalue weighted by Gasteiger charge is -1.98. The van der Waals surface area contributed by atoms with Crippen LogP contribution in [0.3, 0.4) is 0 Å². The molecule has 9 aromatic rings. The molecule has 0 fully saturated rings. The fraction of sp³-hybridized carbons (Fsp3) is 0.0270. The van der Waals surface area contributed by atoms with Crippen molar-refractivity contribution >= 4 is 92.8 Å². The van der Waals surface area contributed by atoms with Crippen LogP contribution in [0, 0.1) is 17.7 Å². The maximum atomic E-state index is 9.14. The molecule has 0 aliphatic rings. The zero-order chi connectivity index (χ0) is 29.7. The van der Waals surface area contributed by atoms with Crippen molar-refractivity contribution in [2.24, 2.45) is 0 Å². The Morgan fingerprint density at radius 2 is 0.864 bits per heavy atom. The van der Waals surface area contributed by atoms with Crippen LogP contribution in [0.25, 0.3) is 82.1 Å². The van der Waals surface area contributed by atoms with Gasteiger partial charge in [-0.3, -0.25) is 10.8 Å². The first kappa shape index (κ1) is 26.0. The Morgan fingerprint density at radius 3 is 1.34 bits per heavy atom. The summed E-state index contributed by atoms with van der Waals surface area (Å²) in [5, 5.41) is 25.5. The average molecular weight is 638 g/mol. The molecule has 0 spiro atoms. The maximum Gasteiger partial charge on any atom is 0.0706 e. The van der Waals surface area contributed by atoms with Crippen molar-refractivity contribution in [2.75, 3.05) is 5.73 Å². The minimum atomic E-state index is 0.577. The Morgan fingerprint density at radius 1 is 0.432 bits per heavy atom. The van der Waals surface area contributed by atoms with E-state index < -0.39 is 0 Å². The lowest BCUT2D eigenvalue weighted by Crippen LogP contribution is -1.95. The standard InChI is InChI=1S/C37H23N3S4/c1-18-2-4-19(5-3-18)28-10-12-30(41-28)32-16-26-34(39)22-15-25-23(14-24(22)36(26)43-32)35(40)27-17-33(44-37(25)27)31-13-11-29(42-31)20-6-8-21(38)9-7-20/h2-17,39-40H,38H2,1H3. The van der Waals surface area contributed by atoms with E-state index in [-0.39, 0.29) is 0 Å². The number of nitrogen functional groups attached to an aromatic ring is 1. The summed E-state index contributed by atoms with van der Waals surface area (Å²) < 4.78 is 2.28. The first-order chi connectivity index (χ1) is 21.4. The first-order valence-corrected chi connectivity index (χ1v) is 17.5. The molecule has 4 N–H and O–H groups in total. The number of nitrogens with two attached hydrogens (primary N) is 1. The van der Waals surface area contributed by atoms with Gasteiger partial charge in [0.25, 0.3) is 0 Å². The van der Waals surface area contributed by atoms with E-state index in [0.717, 1.165) is 53.0 Å². The Balaban J connectivity index is 1.12. The lowest BCUT2D eigenvalue weighted by molar-refractivity contribution is 1.35. The van der Waals surface area contributed by atoms with Crippen LogP contribution in [0.15, 0.2) is 97.1 Å². The Kier molecular flexibility index (Phi) is 5.65. The smallest absolute Gasteiger partial charge is 0.0706 e. The van der Waals surface area contributed by atoms with Crippen LogP contribution in [0.5, 0.6) is 0 Å². The van der Waals surface area contributed by atoms with Crippen LogP contribution >= 0.6 is 45.3 Å². The highest BCUT2D eigenvalue weighted by Crippen LogP contribution is 2.45. The average Bonchev–Trinajstić information content (AvgIpc) is 3.87. The fourth-order valence-electron chi connectivity index (χ4n) is 6.09. The molecule has 0 bridgehead atoms. The van der Waals surface area contributed by atoms with Crippen molar-refractivity contribution in [3.8, 4) is 40.4 Å². The van der Waals surface area contributed by atoms with E-state index in [1.54, 1.807) is 45.3 Å². The van der Waals surface area contributed by atoms with E-state index in [2.05, 4.69) is 91.9 Å². The van der Waals surface area contributed by atoms with Gasteiger partial charge in [0.05, 0.1) is 10.7 Å². The predicted molar refractivity (Wildman–Crippen MR) is 193 cm³/mol. The molecule has 0 aliphatic heterocycles. The van der Waals surface area contributed by atoms with Crippen molar-refractivity contribution in [2.45, 2.75) is 6.92 Å². The molecule has 0 aliphatic carbocycles. The molecule has 0 saturated heterocycles. The number of thiophene rings is 4. The van der Waals surface area contributed by atoms with Gasteiger partial charge in [0, 0.05) is 76.7 Å². The first-order valence-electron chi connectivity index (χ1n) is 14.2. The van der Waals surface area contributed by atoms with Crippen molar-refractivity contribution in [1.82, 2.24) is 0 Å². The monoisotopic (exact) mass is 637 g/mol. The molecule has 9 rings (SSSR count). The van der Waals surface area contributed by atoms with E-state index in [1.165, 1.54) is 40.4 Å². The van der Waals surface area contributed by atoms with Gasteiger partial charge in [0.1, 0.15) is 0 Å². The third-order valence-electron chi connectivity index (χ3n) is 8.42. The summed E-state index contributed by atoms with van der Waals surface area (Å²) in [6, 6.07) is 34.1. The van der Waals surface area contributed by atoms with Gasteiger partial charge in [-0.15, -0.1) is 45.3 Å². The van der Waals surface area contributed by atoms with Crippen LogP contribution in [-0.2, 0) is 0 Å². The van der Waals surface area contributed by atoms with Crippen LogP contribution in [0.1, 0.15) is 5.56 Å². The second kappa shape index (κ2) is 9.55. The summed E-state index contributed by atoms with van der Waals surface area (Å²) >= 11 is 7.08. The summed E-state index contributed by atoms with van der Waals surface area (Å²) in [6.07, 6.45) is 0. The minimum absolute atomic E-state index is 0.577. The second-order valence-electron chi connectivity index (χ2n) is 11.2. The van der Waals surface area contributed by atoms with E-state index in [9.17, 15) is 0 Å². The predicted octanol–water partition coefficient (Wildman–Crippen LogP) is 10.9. The summed E-state index contributed by atoms with van der Waals surface area (Å²) in [7, 11) is 0. The number of hydrogen-bond donors (Lipinski definition) is 3. The third-order valence-corrected chi connectivity index (χ3v) is 13.4. The van der Waals surface area contributed by atoms with Gasteiger partial charge in [-0.2, -0.15) is 0 Å². The van der Waals surface area contributed by atoms with Crippen LogP contribution in [0.4, 0.5) is 5.69 Å². The lowest BCUT2D eigenvalue weighted by atomic mass is 10.1. The number of fused-ring (bicyclic) bond motifs is 6. The van der Waals surface area contributed by atoms with E-state index >= 15 is 0 Å². The minimum Gasteiger partial charge on any atom is -0.399 e. The SMILES string of the molecule is Cc1ccc(-c2ccc(-c3cc4c(=N)c5cc6c(cc5c4s3)c(=N)c3cc(-c4ccc(-c5ccc(N)cc5)s4)sc36)s2)cc1. The van der Waals surface area contributed by atoms with Crippen molar-refractivity contribution in [1.29, 1.82) is 10.8 Å². The summed E-state index contributed by atoms with van der Waals surface area (Å²) in [6.45, 7) is 2.11. The normalized spacial score (nSPS) is 12.0. The molecular formula is C37H23N3S4. The van der Waals surface area contributed by atoms with Crippen molar-refractivity contribution in [3.63, 3.8) is 0 Å². The summed E-state index contributed by atoms with van der Waals surface area (Å²) in [5.41, 5.74) is 10.3. The van der Waals surface area contributed by atoms with Gasteiger partial charge < -0.3 is 5.73 Å². The van der Waals surface area contributed by atoms with Crippen LogP contribution < -0.4 is 16.4 Å². The zero-order valence-electron chi connectivity index (χ0n) is 23.4. The highest BCUT2D eigenvalue weighted by molar-refractivity contribution is 7.28.